The molecule has 0 aromatic heterocycles. The molecule has 0 saturated carbocycles. The lowest BCUT2D eigenvalue weighted by atomic mass is 10.2. The molecule has 0 aliphatic heterocycles. The summed E-state index contributed by atoms with van der Waals surface area (Å²) >= 11 is 1.48. The van der Waals surface area contributed by atoms with E-state index >= 15 is 0 Å². The molecule has 5 nitrogen and oxygen atoms in total. The zero-order valence-corrected chi connectivity index (χ0v) is 13.6. The van der Waals surface area contributed by atoms with E-state index in [4.69, 9.17) is 10.5 Å². The summed E-state index contributed by atoms with van der Waals surface area (Å²) in [6, 6.07) is 14.3. The molecule has 6 heteroatoms. The maximum atomic E-state index is 12.3. The largest absolute Gasteiger partial charge is 0.497 e. The van der Waals surface area contributed by atoms with Gasteiger partial charge < -0.3 is 15.8 Å². The third-order valence-corrected chi connectivity index (χ3v) is 4.17. The molecule has 2 aromatic carbocycles. The van der Waals surface area contributed by atoms with Crippen LogP contribution in [-0.2, 0) is 4.79 Å². The Balaban J connectivity index is 2.06. The SMILES string of the molecule is COc1ccc(C(=O)Nc2ccccc2SCCC(N)=O)cc1. The summed E-state index contributed by atoms with van der Waals surface area (Å²) in [5, 5.41) is 2.89. The summed E-state index contributed by atoms with van der Waals surface area (Å²) in [5.41, 5.74) is 6.40. The third kappa shape index (κ3) is 5.03. The molecule has 2 aromatic rings. The quantitative estimate of drug-likeness (QED) is 0.765. The molecular formula is C17H18N2O3S. The van der Waals surface area contributed by atoms with Crippen molar-refractivity contribution in [1.82, 2.24) is 0 Å². The zero-order valence-electron chi connectivity index (χ0n) is 12.7. The molecule has 0 spiro atoms. The van der Waals surface area contributed by atoms with Gasteiger partial charge in [0.1, 0.15) is 5.75 Å². The summed E-state index contributed by atoms with van der Waals surface area (Å²) in [6.07, 6.45) is 0.297. The van der Waals surface area contributed by atoms with Crippen LogP contribution in [0.4, 0.5) is 5.69 Å². The minimum Gasteiger partial charge on any atom is -0.497 e. The van der Waals surface area contributed by atoms with E-state index in [1.165, 1.54) is 11.8 Å². The predicted octanol–water partition coefficient (Wildman–Crippen LogP) is 2.92. The molecule has 3 N–H and O–H groups in total. The number of nitrogens with two attached hydrogens (primary N) is 1. The molecule has 0 fully saturated rings. The summed E-state index contributed by atoms with van der Waals surface area (Å²) < 4.78 is 5.08. The third-order valence-electron chi connectivity index (χ3n) is 3.09. The molecule has 2 rings (SSSR count). The first-order valence-electron chi connectivity index (χ1n) is 7.05. The highest BCUT2D eigenvalue weighted by Crippen LogP contribution is 2.28. The lowest BCUT2D eigenvalue weighted by molar-refractivity contribution is -0.117. The minimum atomic E-state index is -0.336. The van der Waals surface area contributed by atoms with Crippen molar-refractivity contribution < 1.29 is 14.3 Å². The van der Waals surface area contributed by atoms with Crippen molar-refractivity contribution in [2.45, 2.75) is 11.3 Å². The molecule has 0 aliphatic rings. The Hall–Kier alpha value is -2.47. The lowest BCUT2D eigenvalue weighted by Crippen LogP contribution is -2.13. The van der Waals surface area contributed by atoms with Gasteiger partial charge in [-0.3, -0.25) is 9.59 Å². The number of thioether (sulfide) groups is 1. The number of anilines is 1. The Morgan fingerprint density at radius 1 is 1.13 bits per heavy atom. The highest BCUT2D eigenvalue weighted by Gasteiger charge is 2.09. The van der Waals surface area contributed by atoms with Crippen LogP contribution in [0.25, 0.3) is 0 Å². The van der Waals surface area contributed by atoms with Gasteiger partial charge in [-0.2, -0.15) is 0 Å². The number of primary amides is 1. The Morgan fingerprint density at radius 3 is 2.48 bits per heavy atom. The normalized spacial score (nSPS) is 10.1. The number of benzene rings is 2. The number of carbonyl (C=O) groups is 2. The number of carbonyl (C=O) groups excluding carboxylic acids is 2. The fourth-order valence-electron chi connectivity index (χ4n) is 1.89. The molecule has 0 heterocycles. The first-order chi connectivity index (χ1) is 11.1. The minimum absolute atomic E-state index is 0.199. The van der Waals surface area contributed by atoms with Gasteiger partial charge in [-0.25, -0.2) is 0 Å². The molecule has 0 saturated heterocycles. The van der Waals surface area contributed by atoms with Gasteiger partial charge in [0, 0.05) is 22.6 Å². The van der Waals surface area contributed by atoms with Gasteiger partial charge in [-0.15, -0.1) is 11.8 Å². The zero-order chi connectivity index (χ0) is 16.7. The van der Waals surface area contributed by atoms with E-state index in [1.54, 1.807) is 31.4 Å². The second-order valence-corrected chi connectivity index (χ2v) is 5.88. The van der Waals surface area contributed by atoms with Gasteiger partial charge >= 0.3 is 0 Å². The van der Waals surface area contributed by atoms with Gasteiger partial charge in [-0.05, 0) is 36.4 Å². The Kier molecular flexibility index (Phi) is 6.05. The average Bonchev–Trinajstić information content (AvgIpc) is 2.56. The van der Waals surface area contributed by atoms with Crippen LogP contribution in [0, 0.1) is 0 Å². The van der Waals surface area contributed by atoms with Crippen molar-refractivity contribution in [2.24, 2.45) is 5.73 Å². The fraction of sp³-hybridized carbons (Fsp3) is 0.176. The van der Waals surface area contributed by atoms with E-state index in [1.807, 2.05) is 24.3 Å². The lowest BCUT2D eigenvalue weighted by Gasteiger charge is -2.10. The molecule has 120 valence electrons. The van der Waals surface area contributed by atoms with Gasteiger partial charge in [0.05, 0.1) is 12.8 Å². The molecule has 0 atom stereocenters. The van der Waals surface area contributed by atoms with E-state index < -0.39 is 0 Å². The predicted molar refractivity (Wildman–Crippen MR) is 91.9 cm³/mol. The second-order valence-electron chi connectivity index (χ2n) is 4.74. The molecule has 23 heavy (non-hydrogen) atoms. The van der Waals surface area contributed by atoms with Gasteiger partial charge in [-0.1, -0.05) is 12.1 Å². The van der Waals surface area contributed by atoms with Gasteiger partial charge in [0.2, 0.25) is 5.91 Å². The standard InChI is InChI=1S/C17H18N2O3S/c1-22-13-8-6-12(7-9-13)17(21)19-14-4-2-3-5-15(14)23-11-10-16(18)20/h2-9H,10-11H2,1H3,(H2,18,20)(H,19,21). The van der Waals surface area contributed by atoms with Crippen LogP contribution >= 0.6 is 11.8 Å². The summed E-state index contributed by atoms with van der Waals surface area (Å²) in [4.78, 5) is 24.0. The van der Waals surface area contributed by atoms with Crippen molar-refractivity contribution in [1.29, 1.82) is 0 Å². The Morgan fingerprint density at radius 2 is 1.83 bits per heavy atom. The van der Waals surface area contributed by atoms with Gasteiger partial charge in [0.15, 0.2) is 0 Å². The number of amides is 2. The Labute approximate surface area is 139 Å². The van der Waals surface area contributed by atoms with E-state index in [0.717, 1.165) is 4.90 Å². The topological polar surface area (TPSA) is 81.4 Å². The first kappa shape index (κ1) is 16.9. The fourth-order valence-corrected chi connectivity index (χ4v) is 2.87. The van der Waals surface area contributed by atoms with Crippen LogP contribution in [0.15, 0.2) is 53.4 Å². The molecule has 0 aliphatic carbocycles. The number of hydrogen-bond acceptors (Lipinski definition) is 4. The van der Waals surface area contributed by atoms with Crippen molar-refractivity contribution in [3.63, 3.8) is 0 Å². The highest BCUT2D eigenvalue weighted by molar-refractivity contribution is 7.99. The van der Waals surface area contributed by atoms with E-state index in [-0.39, 0.29) is 11.8 Å². The molecular weight excluding hydrogens is 312 g/mol. The highest BCUT2D eigenvalue weighted by atomic mass is 32.2. The van der Waals surface area contributed by atoms with Gasteiger partial charge in [0.25, 0.3) is 5.91 Å². The van der Waals surface area contributed by atoms with Crippen LogP contribution in [0.3, 0.4) is 0 Å². The van der Waals surface area contributed by atoms with Crippen molar-refractivity contribution in [3.05, 3.63) is 54.1 Å². The number of methoxy groups -OCH3 is 1. The van der Waals surface area contributed by atoms with E-state index in [2.05, 4.69) is 5.32 Å². The molecule has 0 radical (unpaired) electrons. The van der Waals surface area contributed by atoms with E-state index in [9.17, 15) is 9.59 Å². The number of para-hydroxylation sites is 1. The molecule has 0 bridgehead atoms. The summed E-state index contributed by atoms with van der Waals surface area (Å²) in [7, 11) is 1.58. The summed E-state index contributed by atoms with van der Waals surface area (Å²) in [6.45, 7) is 0. The van der Waals surface area contributed by atoms with Crippen molar-refractivity contribution >= 4 is 29.3 Å². The van der Waals surface area contributed by atoms with Crippen molar-refractivity contribution in [3.8, 4) is 5.75 Å². The van der Waals surface area contributed by atoms with Crippen LogP contribution < -0.4 is 15.8 Å². The average molecular weight is 330 g/mol. The summed E-state index contributed by atoms with van der Waals surface area (Å²) in [5.74, 6) is 0.738. The number of ether oxygens (including phenoxy) is 1. The first-order valence-corrected chi connectivity index (χ1v) is 8.04. The maximum Gasteiger partial charge on any atom is 0.255 e. The van der Waals surface area contributed by atoms with Crippen LogP contribution in [0.5, 0.6) is 5.75 Å². The van der Waals surface area contributed by atoms with Crippen molar-refractivity contribution in [2.75, 3.05) is 18.2 Å². The number of rotatable bonds is 7. The molecule has 2 amide bonds. The van der Waals surface area contributed by atoms with Crippen LogP contribution in [0.2, 0.25) is 0 Å². The maximum absolute atomic E-state index is 12.3. The van der Waals surface area contributed by atoms with E-state index in [0.29, 0.717) is 29.2 Å². The molecule has 0 unspecified atom stereocenters. The monoisotopic (exact) mass is 330 g/mol. The van der Waals surface area contributed by atoms with Crippen LogP contribution in [-0.4, -0.2) is 24.7 Å². The second kappa shape index (κ2) is 8.24. The van der Waals surface area contributed by atoms with Crippen LogP contribution in [0.1, 0.15) is 16.8 Å². The smallest absolute Gasteiger partial charge is 0.255 e. The Bertz CT molecular complexity index is 686. The number of hydrogen-bond donors (Lipinski definition) is 2. The number of nitrogens with one attached hydrogen (secondary N) is 1.